The quantitative estimate of drug-likeness (QED) is 0.409. The maximum atomic E-state index is 0. The first-order valence-electron chi connectivity index (χ1n) is 0. The van der Waals surface area contributed by atoms with Crippen LogP contribution in [-0.4, -0.2) is 17.4 Å². The van der Waals surface area contributed by atoms with Crippen molar-refractivity contribution in [2.24, 2.45) is 0 Å². The van der Waals surface area contributed by atoms with Crippen LogP contribution in [0.1, 0.15) is 7.43 Å². The molecular weight excluding hydrogens is 146 g/mol. The normalized spacial score (nSPS) is 0. The van der Waals surface area contributed by atoms with Crippen LogP contribution in [0.3, 0.4) is 0 Å². The first kappa shape index (κ1) is 42.3. The molecular formula is CH7AlCoTi. The Balaban J connectivity index is 0. The molecule has 0 aromatic heterocycles. The maximum absolute atomic E-state index is 0. The summed E-state index contributed by atoms with van der Waals surface area (Å²) in [5.74, 6) is 0. The fraction of sp³-hybridized carbons (Fsp3) is 1.00. The Morgan fingerprint density at radius 3 is 1.00 bits per heavy atom. The summed E-state index contributed by atoms with van der Waals surface area (Å²) in [5, 5.41) is 0. The van der Waals surface area contributed by atoms with Gasteiger partial charge in [-0.15, -0.1) is 0 Å². The molecule has 0 aromatic rings. The third kappa shape index (κ3) is 9.26. The molecule has 0 bridgehead atoms. The first-order chi connectivity index (χ1) is 0. The van der Waals surface area contributed by atoms with Gasteiger partial charge in [0.1, 0.15) is 0 Å². The van der Waals surface area contributed by atoms with E-state index in [2.05, 4.69) is 0 Å². The minimum atomic E-state index is 0. The van der Waals surface area contributed by atoms with Crippen molar-refractivity contribution >= 4 is 17.4 Å². The van der Waals surface area contributed by atoms with Crippen LogP contribution in [0.25, 0.3) is 0 Å². The minimum Gasteiger partial charge on any atom is -0.0776 e. The van der Waals surface area contributed by atoms with Gasteiger partial charge in [0.05, 0.1) is 0 Å². The minimum absolute atomic E-state index is 0. The van der Waals surface area contributed by atoms with Gasteiger partial charge in [-0.05, 0) is 0 Å². The second-order valence-corrected chi connectivity index (χ2v) is 0. The van der Waals surface area contributed by atoms with Crippen LogP contribution in [0.2, 0.25) is 0 Å². The van der Waals surface area contributed by atoms with Gasteiger partial charge >= 0.3 is 0 Å². The molecule has 0 unspecified atom stereocenters. The summed E-state index contributed by atoms with van der Waals surface area (Å²) in [6.45, 7) is 0. The van der Waals surface area contributed by atoms with E-state index < -0.39 is 0 Å². The summed E-state index contributed by atoms with van der Waals surface area (Å²) in [5.41, 5.74) is 0. The Morgan fingerprint density at radius 1 is 1.00 bits per heavy atom. The third-order valence-electron chi connectivity index (χ3n) is 0. The molecule has 0 aliphatic carbocycles. The van der Waals surface area contributed by atoms with Crippen molar-refractivity contribution in [3.05, 3.63) is 0 Å². The molecule has 0 aliphatic rings. The van der Waals surface area contributed by atoms with Crippen molar-refractivity contribution in [3.63, 3.8) is 0 Å². The van der Waals surface area contributed by atoms with Crippen molar-refractivity contribution in [2.45, 2.75) is 7.43 Å². The smallest absolute Gasteiger partial charge is 0.0776 e. The Morgan fingerprint density at radius 2 is 1.00 bits per heavy atom. The van der Waals surface area contributed by atoms with E-state index in [1.54, 1.807) is 0 Å². The van der Waals surface area contributed by atoms with Crippen molar-refractivity contribution in [2.75, 3.05) is 0 Å². The number of hydrogen-bond acceptors (Lipinski definition) is 0. The largest absolute Gasteiger partial charge is 0.187 e. The Bertz CT molecular complexity index is 8.00. The molecule has 0 N–H and O–H groups in total. The van der Waals surface area contributed by atoms with Crippen molar-refractivity contribution < 1.29 is 38.5 Å². The summed E-state index contributed by atoms with van der Waals surface area (Å²) in [7, 11) is 0. The fourth-order valence-corrected chi connectivity index (χ4v) is 0. The van der Waals surface area contributed by atoms with Gasteiger partial charge in [-0.1, -0.05) is 7.43 Å². The molecule has 0 aromatic carbocycles. The van der Waals surface area contributed by atoms with E-state index in [1.165, 1.54) is 0 Å². The van der Waals surface area contributed by atoms with Gasteiger partial charge in [0, 0.05) is 38.5 Å². The topological polar surface area (TPSA) is 0 Å². The van der Waals surface area contributed by atoms with Crippen molar-refractivity contribution in [1.82, 2.24) is 0 Å². The van der Waals surface area contributed by atoms with Gasteiger partial charge in [0.15, 0.2) is 17.4 Å². The van der Waals surface area contributed by atoms with Crippen LogP contribution in [0.15, 0.2) is 0 Å². The van der Waals surface area contributed by atoms with Crippen LogP contribution < -0.4 is 0 Å². The molecule has 4 heavy (non-hydrogen) atoms. The zero-order valence-electron chi connectivity index (χ0n) is 0.833. The van der Waals surface area contributed by atoms with Gasteiger partial charge in [-0.25, -0.2) is 0 Å². The van der Waals surface area contributed by atoms with Gasteiger partial charge < -0.3 is 0 Å². The second kappa shape index (κ2) is 21.8. The summed E-state index contributed by atoms with van der Waals surface area (Å²) < 4.78 is 0. The monoisotopic (exact) mass is 153 g/mol. The summed E-state index contributed by atoms with van der Waals surface area (Å²) in [6.07, 6.45) is 0. The molecule has 0 saturated carbocycles. The average Bonchev–Trinajstić information content (AvgIpc) is 0. The van der Waals surface area contributed by atoms with Crippen LogP contribution in [0.5, 0.6) is 0 Å². The summed E-state index contributed by atoms with van der Waals surface area (Å²) in [4.78, 5) is 0. The van der Waals surface area contributed by atoms with E-state index in [0.29, 0.717) is 0 Å². The zero-order chi connectivity index (χ0) is 0. The average molecular weight is 153 g/mol. The van der Waals surface area contributed by atoms with Gasteiger partial charge in [0.25, 0.3) is 0 Å². The molecule has 0 saturated heterocycles. The maximum Gasteiger partial charge on any atom is 0.187 e. The van der Waals surface area contributed by atoms with Gasteiger partial charge in [-0.3, -0.25) is 0 Å². The molecule has 0 fully saturated rings. The van der Waals surface area contributed by atoms with Crippen LogP contribution in [0, 0.1) is 0 Å². The van der Waals surface area contributed by atoms with E-state index in [1.807, 2.05) is 0 Å². The van der Waals surface area contributed by atoms with E-state index >= 15 is 0 Å². The standard InChI is InChI=1S/CH4.Al.Co.Ti.3H/h1H4;;;;;;. The molecule has 1 radical (unpaired) electrons. The van der Waals surface area contributed by atoms with Crippen molar-refractivity contribution in [1.29, 1.82) is 0 Å². The van der Waals surface area contributed by atoms with E-state index in [0.717, 1.165) is 0 Å². The molecule has 0 atom stereocenters. The molecule has 0 spiro atoms. The number of rotatable bonds is 0. The second-order valence-electron chi connectivity index (χ2n) is 0. The fourth-order valence-electron chi connectivity index (χ4n) is 0. The Kier molecular flexibility index (Phi) is 230. The van der Waals surface area contributed by atoms with Crippen LogP contribution >= 0.6 is 0 Å². The van der Waals surface area contributed by atoms with Gasteiger partial charge in [-0.2, -0.15) is 0 Å². The predicted molar refractivity (Wildman–Crippen MR) is 16.7 cm³/mol. The first-order valence-corrected chi connectivity index (χ1v) is 0. The Hall–Kier alpha value is 1.75. The van der Waals surface area contributed by atoms with Crippen molar-refractivity contribution in [3.8, 4) is 0 Å². The van der Waals surface area contributed by atoms with E-state index in [4.69, 9.17) is 0 Å². The predicted octanol–water partition coefficient (Wildman–Crippen LogP) is -0.553. The summed E-state index contributed by atoms with van der Waals surface area (Å²) >= 11 is 0. The molecule has 3 heteroatoms. The molecule has 0 nitrogen and oxygen atoms in total. The molecule has 0 amide bonds. The van der Waals surface area contributed by atoms with E-state index in [-0.39, 0.29) is 63.3 Å². The van der Waals surface area contributed by atoms with Crippen LogP contribution in [-0.2, 0) is 38.5 Å². The van der Waals surface area contributed by atoms with E-state index in [9.17, 15) is 0 Å². The molecule has 27 valence electrons. The molecule has 0 rings (SSSR count). The molecule has 0 heterocycles. The van der Waals surface area contributed by atoms with Gasteiger partial charge in [0.2, 0.25) is 0 Å². The van der Waals surface area contributed by atoms with Crippen LogP contribution in [0.4, 0.5) is 0 Å². The summed E-state index contributed by atoms with van der Waals surface area (Å²) in [6, 6.07) is 0. The number of hydrogen-bond donors (Lipinski definition) is 0. The zero-order valence-corrected chi connectivity index (χ0v) is 3.44. The third-order valence-corrected chi connectivity index (χ3v) is 0. The SMILES string of the molecule is C.[AlH3].[Co].[Ti]. The molecule has 0 aliphatic heterocycles. The Labute approximate surface area is 62.9 Å².